The smallest absolute Gasteiger partial charge is 0.263 e. The largest absolute Gasteiger partial charge is 0.483 e. The van der Waals surface area contributed by atoms with Gasteiger partial charge < -0.3 is 10.1 Å². The quantitative estimate of drug-likeness (QED) is 0.754. The number of rotatable bonds is 6. The van der Waals surface area contributed by atoms with Gasteiger partial charge in [-0.3, -0.25) is 4.79 Å². The molecule has 3 rings (SSSR count). The number of benzene rings is 2. The molecule has 1 aromatic heterocycles. The number of pyridine rings is 1. The highest BCUT2D eigenvalue weighted by Gasteiger charge is 2.08. The lowest BCUT2D eigenvalue weighted by Gasteiger charge is -2.11. The predicted molar refractivity (Wildman–Crippen MR) is 94.1 cm³/mol. The monoisotopic (exact) mass is 318 g/mol. The molecule has 0 fully saturated rings. The molecule has 0 aliphatic carbocycles. The molecule has 3 aromatic rings. The number of anilines is 1. The summed E-state index contributed by atoms with van der Waals surface area (Å²) in [6.07, 6.45) is 2.39. The first-order chi connectivity index (χ1) is 11.8. The van der Waals surface area contributed by atoms with Crippen LogP contribution >= 0.6 is 0 Å². The van der Waals surface area contributed by atoms with Crippen LogP contribution < -0.4 is 10.1 Å². The van der Waals surface area contributed by atoms with Gasteiger partial charge in [-0.05, 0) is 29.3 Å². The Morgan fingerprint density at radius 3 is 2.46 bits per heavy atom. The van der Waals surface area contributed by atoms with Crippen LogP contribution in [0.2, 0.25) is 0 Å². The van der Waals surface area contributed by atoms with Crippen LogP contribution in [0.3, 0.4) is 0 Å². The second-order valence-corrected chi connectivity index (χ2v) is 5.32. The lowest BCUT2D eigenvalue weighted by molar-refractivity contribution is -0.118. The van der Waals surface area contributed by atoms with Gasteiger partial charge in [-0.1, -0.05) is 54.6 Å². The molecule has 1 N–H and O–H groups in total. The van der Waals surface area contributed by atoms with Crippen LogP contribution in [0, 0.1) is 0 Å². The Bertz CT molecular complexity index is 789. The van der Waals surface area contributed by atoms with Crippen molar-refractivity contribution in [1.29, 1.82) is 0 Å². The lowest BCUT2D eigenvalue weighted by atomic mass is 10.0. The number of ether oxygens (including phenoxy) is 1. The van der Waals surface area contributed by atoms with Crippen LogP contribution in [-0.2, 0) is 11.2 Å². The zero-order valence-corrected chi connectivity index (χ0v) is 13.2. The van der Waals surface area contributed by atoms with E-state index in [9.17, 15) is 4.79 Å². The van der Waals surface area contributed by atoms with Crippen molar-refractivity contribution in [3.05, 3.63) is 90.1 Å². The van der Waals surface area contributed by atoms with E-state index in [1.807, 2.05) is 48.5 Å². The lowest BCUT2D eigenvalue weighted by Crippen LogP contribution is -2.21. The summed E-state index contributed by atoms with van der Waals surface area (Å²) < 4.78 is 5.70. The minimum absolute atomic E-state index is 0.0532. The molecule has 0 aliphatic rings. The Hall–Kier alpha value is -3.14. The molecule has 1 heterocycles. The van der Waals surface area contributed by atoms with Crippen LogP contribution in [0.5, 0.6) is 5.75 Å². The van der Waals surface area contributed by atoms with E-state index >= 15 is 0 Å². The first-order valence-corrected chi connectivity index (χ1v) is 7.77. The van der Waals surface area contributed by atoms with Crippen molar-refractivity contribution in [1.82, 2.24) is 4.98 Å². The number of hydrogen-bond acceptors (Lipinski definition) is 3. The molecule has 0 aliphatic heterocycles. The molecule has 0 radical (unpaired) electrons. The summed E-state index contributed by atoms with van der Waals surface area (Å²) in [6.45, 7) is -0.0532. The van der Waals surface area contributed by atoms with E-state index in [1.165, 1.54) is 5.56 Å². The number of nitrogens with zero attached hydrogens (tertiary/aromatic N) is 1. The van der Waals surface area contributed by atoms with Crippen LogP contribution in [-0.4, -0.2) is 17.5 Å². The molecular weight excluding hydrogens is 300 g/mol. The fraction of sp³-hybridized carbons (Fsp3) is 0.100. The third kappa shape index (κ3) is 4.43. The molecule has 0 atom stereocenters. The van der Waals surface area contributed by atoms with E-state index in [0.717, 1.165) is 17.7 Å². The van der Waals surface area contributed by atoms with Gasteiger partial charge in [-0.15, -0.1) is 0 Å². The summed E-state index contributed by atoms with van der Waals surface area (Å²) in [6, 6.07) is 23.3. The highest BCUT2D eigenvalue weighted by Crippen LogP contribution is 2.21. The minimum atomic E-state index is -0.233. The maximum Gasteiger partial charge on any atom is 0.263 e. The zero-order valence-electron chi connectivity index (χ0n) is 13.2. The summed E-state index contributed by atoms with van der Waals surface area (Å²) >= 11 is 0. The van der Waals surface area contributed by atoms with Gasteiger partial charge in [-0.25, -0.2) is 4.98 Å². The summed E-state index contributed by atoms with van der Waals surface area (Å²) in [4.78, 5) is 16.0. The number of nitrogens with one attached hydrogen (secondary N) is 1. The molecule has 24 heavy (non-hydrogen) atoms. The summed E-state index contributed by atoms with van der Waals surface area (Å²) in [5.74, 6) is 1.00. The van der Waals surface area contributed by atoms with Crippen LogP contribution in [0.25, 0.3) is 0 Å². The zero-order chi connectivity index (χ0) is 16.6. The van der Waals surface area contributed by atoms with Gasteiger partial charge in [0, 0.05) is 12.6 Å². The first kappa shape index (κ1) is 15.7. The Labute approximate surface area is 141 Å². The molecule has 0 unspecified atom stereocenters. The van der Waals surface area contributed by atoms with E-state index in [-0.39, 0.29) is 12.5 Å². The van der Waals surface area contributed by atoms with E-state index in [1.54, 1.807) is 18.3 Å². The van der Waals surface area contributed by atoms with Gasteiger partial charge >= 0.3 is 0 Å². The second-order valence-electron chi connectivity index (χ2n) is 5.32. The van der Waals surface area contributed by atoms with E-state index in [2.05, 4.69) is 22.4 Å². The molecule has 0 saturated carbocycles. The molecule has 1 amide bonds. The minimum Gasteiger partial charge on any atom is -0.483 e. The van der Waals surface area contributed by atoms with Crippen molar-refractivity contribution in [2.24, 2.45) is 0 Å². The Morgan fingerprint density at radius 1 is 0.917 bits per heavy atom. The van der Waals surface area contributed by atoms with Crippen molar-refractivity contribution >= 4 is 11.7 Å². The van der Waals surface area contributed by atoms with Crippen molar-refractivity contribution < 1.29 is 9.53 Å². The number of amides is 1. The van der Waals surface area contributed by atoms with Crippen molar-refractivity contribution in [2.75, 3.05) is 11.9 Å². The van der Waals surface area contributed by atoms with Crippen molar-refractivity contribution in [2.45, 2.75) is 6.42 Å². The Balaban J connectivity index is 1.62. The molecule has 0 saturated heterocycles. The summed E-state index contributed by atoms with van der Waals surface area (Å²) in [7, 11) is 0. The molecule has 0 bridgehead atoms. The van der Waals surface area contributed by atoms with Gasteiger partial charge in [0.15, 0.2) is 6.61 Å². The van der Waals surface area contributed by atoms with Crippen LogP contribution in [0.1, 0.15) is 11.1 Å². The normalized spacial score (nSPS) is 10.2. The number of carbonyl (C=O) groups excluding carboxylic acids is 1. The van der Waals surface area contributed by atoms with Gasteiger partial charge in [0.05, 0.1) is 0 Å². The topological polar surface area (TPSA) is 51.2 Å². The predicted octanol–water partition coefficient (Wildman–Crippen LogP) is 3.69. The number of aromatic nitrogens is 1. The molecule has 4 nitrogen and oxygen atoms in total. The van der Waals surface area contributed by atoms with Gasteiger partial charge in [0.1, 0.15) is 11.6 Å². The third-order valence-electron chi connectivity index (χ3n) is 3.50. The van der Waals surface area contributed by atoms with Crippen molar-refractivity contribution in [3.63, 3.8) is 0 Å². The number of carbonyl (C=O) groups is 1. The van der Waals surface area contributed by atoms with Gasteiger partial charge in [0.2, 0.25) is 0 Å². The molecule has 0 spiro atoms. The third-order valence-corrected chi connectivity index (χ3v) is 3.50. The maximum atomic E-state index is 12.0. The van der Waals surface area contributed by atoms with Crippen molar-refractivity contribution in [3.8, 4) is 5.75 Å². The average molecular weight is 318 g/mol. The average Bonchev–Trinajstić information content (AvgIpc) is 2.63. The van der Waals surface area contributed by atoms with E-state index < -0.39 is 0 Å². The fourth-order valence-corrected chi connectivity index (χ4v) is 2.37. The van der Waals surface area contributed by atoms with Crippen LogP contribution in [0.4, 0.5) is 5.82 Å². The molecule has 4 heteroatoms. The summed E-state index contributed by atoms with van der Waals surface area (Å²) in [5, 5.41) is 2.71. The SMILES string of the molecule is O=C(COc1ccccc1Cc1ccccc1)Nc1ccccn1. The summed E-state index contributed by atoms with van der Waals surface area (Å²) in [5.41, 5.74) is 2.25. The number of para-hydroxylation sites is 1. The highest BCUT2D eigenvalue weighted by molar-refractivity contribution is 5.90. The van der Waals surface area contributed by atoms with Crippen LogP contribution in [0.15, 0.2) is 79.0 Å². The molecular formula is C20H18N2O2. The van der Waals surface area contributed by atoms with Gasteiger partial charge in [-0.2, -0.15) is 0 Å². The fourth-order valence-electron chi connectivity index (χ4n) is 2.37. The number of hydrogen-bond donors (Lipinski definition) is 1. The first-order valence-electron chi connectivity index (χ1n) is 7.77. The highest BCUT2D eigenvalue weighted by atomic mass is 16.5. The maximum absolute atomic E-state index is 12.0. The Morgan fingerprint density at radius 2 is 1.67 bits per heavy atom. The molecule has 120 valence electrons. The molecule has 2 aromatic carbocycles. The standard InChI is InChI=1S/C20H18N2O2/c23-20(22-19-12-6-7-13-21-19)15-24-18-11-5-4-10-17(18)14-16-8-2-1-3-9-16/h1-13H,14-15H2,(H,21,22,23). The second kappa shape index (κ2) is 7.92. The Kier molecular flexibility index (Phi) is 5.20. The van der Waals surface area contributed by atoms with E-state index in [4.69, 9.17) is 4.74 Å². The van der Waals surface area contributed by atoms with E-state index in [0.29, 0.717) is 5.82 Å². The van der Waals surface area contributed by atoms with Gasteiger partial charge in [0.25, 0.3) is 5.91 Å².